The molecule has 0 bridgehead atoms. The zero-order valence-corrected chi connectivity index (χ0v) is 16.2. The number of anilines is 1. The Morgan fingerprint density at radius 3 is 2.81 bits per heavy atom. The zero-order valence-electron chi connectivity index (χ0n) is 14.7. The predicted octanol–water partition coefficient (Wildman–Crippen LogP) is 5.17. The standard InChI is InChI=1S/C20H22ClFN2OS/c1-14-6-4-9-17(21)19(14)23-20(26)24(13-16-8-5-11-25-16)12-15-7-2-3-10-18(15)22/h2-4,6-7,9-10,16H,5,8,11-13H2,1H3,(H,23,26). The molecule has 138 valence electrons. The summed E-state index contributed by atoms with van der Waals surface area (Å²) in [5, 5.41) is 4.36. The van der Waals surface area contributed by atoms with Crippen LogP contribution in [-0.2, 0) is 11.3 Å². The van der Waals surface area contributed by atoms with Gasteiger partial charge in [0.1, 0.15) is 5.82 Å². The molecule has 0 aromatic heterocycles. The van der Waals surface area contributed by atoms with Crippen LogP contribution in [0.4, 0.5) is 10.1 Å². The third-order valence-electron chi connectivity index (χ3n) is 4.51. The van der Waals surface area contributed by atoms with Gasteiger partial charge in [0.2, 0.25) is 0 Å². The third-order valence-corrected chi connectivity index (χ3v) is 5.18. The van der Waals surface area contributed by atoms with Crippen LogP contribution in [-0.4, -0.2) is 29.3 Å². The molecule has 0 radical (unpaired) electrons. The molecule has 1 unspecified atom stereocenters. The van der Waals surface area contributed by atoms with E-state index in [1.165, 1.54) is 6.07 Å². The molecule has 3 nitrogen and oxygen atoms in total. The SMILES string of the molecule is Cc1cccc(Cl)c1NC(=S)N(Cc1ccccc1F)CC1CCCO1. The molecule has 1 aliphatic heterocycles. The van der Waals surface area contributed by atoms with E-state index in [2.05, 4.69) is 5.32 Å². The smallest absolute Gasteiger partial charge is 0.173 e. The number of para-hydroxylation sites is 1. The largest absolute Gasteiger partial charge is 0.376 e. The summed E-state index contributed by atoms with van der Waals surface area (Å²) in [5.74, 6) is -0.235. The molecule has 2 aromatic carbocycles. The van der Waals surface area contributed by atoms with Crippen LogP contribution >= 0.6 is 23.8 Å². The van der Waals surface area contributed by atoms with Crippen molar-refractivity contribution in [3.05, 3.63) is 64.4 Å². The summed E-state index contributed by atoms with van der Waals surface area (Å²) in [5.41, 5.74) is 2.39. The second-order valence-electron chi connectivity index (χ2n) is 6.47. The van der Waals surface area contributed by atoms with Gasteiger partial charge < -0.3 is 15.0 Å². The number of halogens is 2. The summed E-state index contributed by atoms with van der Waals surface area (Å²) in [4.78, 5) is 1.95. The number of ether oxygens (including phenoxy) is 1. The van der Waals surface area contributed by atoms with Gasteiger partial charge in [0.15, 0.2) is 5.11 Å². The first-order chi connectivity index (χ1) is 12.5. The lowest BCUT2D eigenvalue weighted by atomic mass is 10.1. The molecular formula is C20H22ClFN2OS. The van der Waals surface area contributed by atoms with E-state index in [9.17, 15) is 4.39 Å². The number of hydrogen-bond donors (Lipinski definition) is 1. The molecule has 2 aromatic rings. The van der Waals surface area contributed by atoms with E-state index in [0.29, 0.717) is 28.8 Å². The van der Waals surface area contributed by atoms with Crippen molar-refractivity contribution in [1.29, 1.82) is 0 Å². The molecule has 3 rings (SSSR count). The summed E-state index contributed by atoms with van der Waals surface area (Å²) in [6.07, 6.45) is 2.14. The fraction of sp³-hybridized carbons (Fsp3) is 0.350. The zero-order chi connectivity index (χ0) is 18.5. The summed E-state index contributed by atoms with van der Waals surface area (Å²) >= 11 is 11.9. The fourth-order valence-electron chi connectivity index (χ4n) is 3.06. The molecule has 1 fully saturated rings. The normalized spacial score (nSPS) is 16.5. The lowest BCUT2D eigenvalue weighted by Gasteiger charge is -2.29. The van der Waals surface area contributed by atoms with Crippen molar-refractivity contribution < 1.29 is 9.13 Å². The third kappa shape index (κ3) is 4.72. The first-order valence-corrected chi connectivity index (χ1v) is 9.49. The molecule has 0 saturated carbocycles. The van der Waals surface area contributed by atoms with Gasteiger partial charge in [-0.3, -0.25) is 0 Å². The van der Waals surface area contributed by atoms with E-state index in [-0.39, 0.29) is 11.9 Å². The summed E-state index contributed by atoms with van der Waals surface area (Å²) in [7, 11) is 0. The molecule has 1 heterocycles. The highest BCUT2D eigenvalue weighted by Crippen LogP contribution is 2.26. The number of nitrogens with zero attached hydrogens (tertiary/aromatic N) is 1. The summed E-state index contributed by atoms with van der Waals surface area (Å²) < 4.78 is 19.9. The van der Waals surface area contributed by atoms with Gasteiger partial charge in [-0.15, -0.1) is 0 Å². The van der Waals surface area contributed by atoms with Gasteiger partial charge >= 0.3 is 0 Å². The van der Waals surface area contributed by atoms with Crippen LogP contribution in [0.5, 0.6) is 0 Å². The maximum absolute atomic E-state index is 14.1. The number of thiocarbonyl (C=S) groups is 1. The molecule has 1 aliphatic rings. The molecule has 0 amide bonds. The van der Waals surface area contributed by atoms with Crippen LogP contribution in [0.25, 0.3) is 0 Å². The molecule has 1 saturated heterocycles. The van der Waals surface area contributed by atoms with E-state index in [4.69, 9.17) is 28.6 Å². The predicted molar refractivity (Wildman–Crippen MR) is 108 cm³/mol. The van der Waals surface area contributed by atoms with E-state index in [1.54, 1.807) is 12.1 Å². The maximum Gasteiger partial charge on any atom is 0.173 e. The quantitative estimate of drug-likeness (QED) is 0.710. The van der Waals surface area contributed by atoms with Crippen LogP contribution in [0, 0.1) is 12.7 Å². The molecule has 26 heavy (non-hydrogen) atoms. The van der Waals surface area contributed by atoms with Gasteiger partial charge in [0.25, 0.3) is 0 Å². The van der Waals surface area contributed by atoms with E-state index in [1.807, 2.05) is 36.1 Å². The van der Waals surface area contributed by atoms with Crippen molar-refractivity contribution in [2.45, 2.75) is 32.4 Å². The van der Waals surface area contributed by atoms with Gasteiger partial charge in [-0.2, -0.15) is 0 Å². The van der Waals surface area contributed by atoms with Crippen molar-refractivity contribution in [2.75, 3.05) is 18.5 Å². The minimum Gasteiger partial charge on any atom is -0.376 e. The van der Waals surface area contributed by atoms with Crippen LogP contribution in [0.15, 0.2) is 42.5 Å². The van der Waals surface area contributed by atoms with Crippen molar-refractivity contribution >= 4 is 34.6 Å². The van der Waals surface area contributed by atoms with Crippen LogP contribution in [0.2, 0.25) is 5.02 Å². The van der Waals surface area contributed by atoms with Crippen molar-refractivity contribution in [3.8, 4) is 0 Å². The Morgan fingerprint density at radius 1 is 1.31 bits per heavy atom. The van der Waals surface area contributed by atoms with Gasteiger partial charge in [-0.1, -0.05) is 41.9 Å². The van der Waals surface area contributed by atoms with Crippen LogP contribution in [0.1, 0.15) is 24.0 Å². The molecule has 0 aliphatic carbocycles. The highest BCUT2D eigenvalue weighted by molar-refractivity contribution is 7.80. The van der Waals surface area contributed by atoms with Gasteiger partial charge in [-0.25, -0.2) is 4.39 Å². The Labute approximate surface area is 164 Å². The highest BCUT2D eigenvalue weighted by atomic mass is 35.5. The molecule has 6 heteroatoms. The molecular weight excluding hydrogens is 371 g/mol. The Balaban J connectivity index is 1.79. The van der Waals surface area contributed by atoms with E-state index >= 15 is 0 Å². The van der Waals surface area contributed by atoms with E-state index < -0.39 is 0 Å². The maximum atomic E-state index is 14.1. The Morgan fingerprint density at radius 2 is 2.12 bits per heavy atom. The van der Waals surface area contributed by atoms with Gasteiger partial charge in [0.05, 0.1) is 16.8 Å². The summed E-state index contributed by atoms with van der Waals surface area (Å²) in [6.45, 7) is 3.73. The minimum atomic E-state index is -0.235. The van der Waals surface area contributed by atoms with Crippen molar-refractivity contribution in [3.63, 3.8) is 0 Å². The fourth-order valence-corrected chi connectivity index (χ4v) is 3.57. The van der Waals surface area contributed by atoms with E-state index in [0.717, 1.165) is 30.7 Å². The molecule has 1 N–H and O–H groups in total. The average molecular weight is 393 g/mol. The molecule has 0 spiro atoms. The number of aryl methyl sites for hydroxylation is 1. The average Bonchev–Trinajstić information content (AvgIpc) is 3.12. The highest BCUT2D eigenvalue weighted by Gasteiger charge is 2.22. The minimum absolute atomic E-state index is 0.105. The second kappa shape index (κ2) is 8.80. The van der Waals surface area contributed by atoms with Gasteiger partial charge in [0, 0.05) is 25.3 Å². The van der Waals surface area contributed by atoms with Crippen LogP contribution in [0.3, 0.4) is 0 Å². The number of nitrogens with one attached hydrogen (secondary N) is 1. The monoisotopic (exact) mass is 392 g/mol. The van der Waals surface area contributed by atoms with Gasteiger partial charge in [-0.05, 0) is 49.7 Å². The number of benzene rings is 2. The van der Waals surface area contributed by atoms with Crippen molar-refractivity contribution in [1.82, 2.24) is 4.90 Å². The second-order valence-corrected chi connectivity index (χ2v) is 7.26. The Hall–Kier alpha value is -1.69. The topological polar surface area (TPSA) is 24.5 Å². The lowest BCUT2D eigenvalue weighted by molar-refractivity contribution is 0.0903. The first-order valence-electron chi connectivity index (χ1n) is 8.70. The first kappa shape index (κ1) is 19.1. The number of rotatable bonds is 5. The number of hydrogen-bond acceptors (Lipinski definition) is 2. The molecule has 1 atom stereocenters. The lowest BCUT2D eigenvalue weighted by Crippen LogP contribution is -2.39. The summed E-state index contributed by atoms with van der Waals surface area (Å²) in [6, 6.07) is 12.5. The van der Waals surface area contributed by atoms with Crippen molar-refractivity contribution in [2.24, 2.45) is 0 Å². The Bertz CT molecular complexity index is 760. The van der Waals surface area contributed by atoms with Crippen LogP contribution < -0.4 is 5.32 Å². The Kier molecular flexibility index (Phi) is 6.46.